The largest absolute Gasteiger partial charge is 0.349 e. The Balaban J connectivity index is 1.60. The molecule has 1 fully saturated rings. The molecule has 1 aliphatic rings. The molecule has 1 heterocycles. The lowest BCUT2D eigenvalue weighted by Crippen LogP contribution is -2.33. The van der Waals surface area contributed by atoms with Crippen LogP contribution in [-0.4, -0.2) is 43.8 Å². The number of benzene rings is 1. The number of hydrogen-bond acceptors (Lipinski definition) is 6. The van der Waals surface area contributed by atoms with Gasteiger partial charge in [0.2, 0.25) is 11.1 Å². The Kier molecular flexibility index (Phi) is 6.44. The van der Waals surface area contributed by atoms with Gasteiger partial charge in [0, 0.05) is 6.04 Å². The average molecular weight is 388 g/mol. The molecule has 1 saturated carbocycles. The zero-order valence-electron chi connectivity index (χ0n) is 15.5. The first-order valence-corrected chi connectivity index (χ1v) is 10.1. The quantitative estimate of drug-likeness (QED) is 0.707. The Morgan fingerprint density at radius 1 is 1.26 bits per heavy atom. The number of carbonyl (C=O) groups is 2. The molecule has 2 N–H and O–H groups in total. The van der Waals surface area contributed by atoms with Gasteiger partial charge in [-0.2, -0.15) is 0 Å². The average Bonchev–Trinajstić information content (AvgIpc) is 3.32. The maximum Gasteiger partial charge on any atom is 0.253 e. The standard InChI is InChI=1S/C18H24N6O2S/c1-12(2)24-18(21-22-23-24)27-11-16(25)20-15-10-6-5-9-14(15)17(26)19-13-7-3-4-8-13/h5-6,9-10,12-13H,3-4,7-8,11H2,1-2H3,(H,19,26)(H,20,25). The van der Waals surface area contributed by atoms with Crippen LogP contribution in [0.15, 0.2) is 29.4 Å². The molecule has 2 amide bonds. The molecule has 144 valence electrons. The molecule has 27 heavy (non-hydrogen) atoms. The monoisotopic (exact) mass is 388 g/mol. The molecule has 8 nitrogen and oxygen atoms in total. The maximum atomic E-state index is 12.6. The van der Waals surface area contributed by atoms with Gasteiger partial charge in [0.25, 0.3) is 5.91 Å². The highest BCUT2D eigenvalue weighted by molar-refractivity contribution is 7.99. The molecule has 0 radical (unpaired) electrons. The number of hydrogen-bond donors (Lipinski definition) is 2. The number of para-hydroxylation sites is 1. The molecule has 0 bridgehead atoms. The third-order valence-electron chi connectivity index (χ3n) is 4.42. The van der Waals surface area contributed by atoms with Crippen LogP contribution in [0.2, 0.25) is 0 Å². The maximum absolute atomic E-state index is 12.6. The highest BCUT2D eigenvalue weighted by atomic mass is 32.2. The first-order chi connectivity index (χ1) is 13.0. The molecule has 1 aromatic carbocycles. The van der Waals surface area contributed by atoms with Crippen molar-refractivity contribution in [3.8, 4) is 0 Å². The number of anilines is 1. The number of amides is 2. The van der Waals surface area contributed by atoms with Crippen LogP contribution in [0, 0.1) is 0 Å². The second-order valence-corrected chi connectivity index (χ2v) is 7.78. The highest BCUT2D eigenvalue weighted by Gasteiger charge is 2.20. The van der Waals surface area contributed by atoms with Crippen LogP contribution in [0.25, 0.3) is 0 Å². The summed E-state index contributed by atoms with van der Waals surface area (Å²) in [6, 6.07) is 7.41. The molecule has 0 atom stereocenters. The fraction of sp³-hybridized carbons (Fsp3) is 0.500. The highest BCUT2D eigenvalue weighted by Crippen LogP contribution is 2.21. The van der Waals surface area contributed by atoms with Crippen molar-refractivity contribution in [3.05, 3.63) is 29.8 Å². The minimum Gasteiger partial charge on any atom is -0.349 e. The SMILES string of the molecule is CC(C)n1nnnc1SCC(=O)Nc1ccccc1C(=O)NC1CCCC1. The third-order valence-corrected chi connectivity index (χ3v) is 5.35. The summed E-state index contributed by atoms with van der Waals surface area (Å²) >= 11 is 1.26. The van der Waals surface area contributed by atoms with Crippen molar-refractivity contribution in [3.63, 3.8) is 0 Å². The number of thioether (sulfide) groups is 1. The van der Waals surface area contributed by atoms with E-state index in [-0.39, 0.29) is 29.7 Å². The summed E-state index contributed by atoms with van der Waals surface area (Å²) in [7, 11) is 0. The second kappa shape index (κ2) is 8.98. The van der Waals surface area contributed by atoms with Crippen molar-refractivity contribution in [1.82, 2.24) is 25.5 Å². The summed E-state index contributed by atoms with van der Waals surface area (Å²) in [5.41, 5.74) is 0.997. The Morgan fingerprint density at radius 2 is 2.00 bits per heavy atom. The topological polar surface area (TPSA) is 102 Å². The first-order valence-electron chi connectivity index (χ1n) is 9.15. The first kappa shape index (κ1) is 19.3. The summed E-state index contributed by atoms with van der Waals surface area (Å²) in [6.07, 6.45) is 4.33. The van der Waals surface area contributed by atoms with Crippen LogP contribution >= 0.6 is 11.8 Å². The van der Waals surface area contributed by atoms with Gasteiger partial charge in [-0.3, -0.25) is 9.59 Å². The van der Waals surface area contributed by atoms with E-state index in [1.807, 2.05) is 13.8 Å². The van der Waals surface area contributed by atoms with E-state index in [1.165, 1.54) is 11.8 Å². The number of rotatable bonds is 7. The zero-order chi connectivity index (χ0) is 19.2. The lowest BCUT2D eigenvalue weighted by atomic mass is 10.1. The molecule has 3 rings (SSSR count). The van der Waals surface area contributed by atoms with Crippen molar-refractivity contribution in [1.29, 1.82) is 0 Å². The van der Waals surface area contributed by atoms with E-state index >= 15 is 0 Å². The van der Waals surface area contributed by atoms with E-state index in [2.05, 4.69) is 26.2 Å². The molecule has 0 aliphatic heterocycles. The molecule has 0 unspecified atom stereocenters. The minimum atomic E-state index is -0.209. The van der Waals surface area contributed by atoms with E-state index < -0.39 is 0 Å². The van der Waals surface area contributed by atoms with Gasteiger partial charge in [0.15, 0.2) is 0 Å². The molecule has 2 aromatic rings. The van der Waals surface area contributed by atoms with Crippen LogP contribution in [0.1, 0.15) is 55.9 Å². The lowest BCUT2D eigenvalue weighted by Gasteiger charge is -2.15. The van der Waals surface area contributed by atoms with Gasteiger partial charge >= 0.3 is 0 Å². The van der Waals surface area contributed by atoms with Gasteiger partial charge in [0.05, 0.1) is 23.0 Å². The Morgan fingerprint density at radius 3 is 2.74 bits per heavy atom. The normalized spacial score (nSPS) is 14.5. The van der Waals surface area contributed by atoms with Crippen molar-refractivity contribution in [2.75, 3.05) is 11.1 Å². The number of tetrazole rings is 1. The number of nitrogens with one attached hydrogen (secondary N) is 2. The van der Waals surface area contributed by atoms with Crippen LogP contribution in [0.3, 0.4) is 0 Å². The van der Waals surface area contributed by atoms with Crippen LogP contribution in [0.4, 0.5) is 5.69 Å². The molecular weight excluding hydrogens is 364 g/mol. The van der Waals surface area contributed by atoms with E-state index in [0.717, 1.165) is 25.7 Å². The molecule has 1 aliphatic carbocycles. The number of aromatic nitrogens is 4. The van der Waals surface area contributed by atoms with Crippen molar-refractivity contribution < 1.29 is 9.59 Å². The van der Waals surface area contributed by atoms with Crippen molar-refractivity contribution in [2.45, 2.75) is 56.8 Å². The summed E-state index contributed by atoms with van der Waals surface area (Å²) < 4.78 is 1.67. The summed E-state index contributed by atoms with van der Waals surface area (Å²) in [5.74, 6) is -0.195. The smallest absolute Gasteiger partial charge is 0.253 e. The third kappa shape index (κ3) is 5.06. The van der Waals surface area contributed by atoms with Gasteiger partial charge in [0.1, 0.15) is 0 Å². The molecule has 0 spiro atoms. The summed E-state index contributed by atoms with van der Waals surface area (Å²) in [4.78, 5) is 24.9. The summed E-state index contributed by atoms with van der Waals surface area (Å²) in [5, 5.41) is 18.0. The molecule has 0 saturated heterocycles. The fourth-order valence-electron chi connectivity index (χ4n) is 3.04. The Bertz CT molecular complexity index is 801. The second-order valence-electron chi connectivity index (χ2n) is 6.84. The van der Waals surface area contributed by atoms with Gasteiger partial charge in [-0.15, -0.1) is 5.10 Å². The zero-order valence-corrected chi connectivity index (χ0v) is 16.3. The fourth-order valence-corrected chi connectivity index (χ4v) is 3.85. The van der Waals surface area contributed by atoms with Gasteiger partial charge in [-0.1, -0.05) is 36.7 Å². The lowest BCUT2D eigenvalue weighted by molar-refractivity contribution is -0.113. The Labute approximate surface area is 162 Å². The molecule has 1 aromatic heterocycles. The van der Waals surface area contributed by atoms with Gasteiger partial charge < -0.3 is 10.6 Å². The van der Waals surface area contributed by atoms with Crippen molar-refractivity contribution in [2.24, 2.45) is 0 Å². The molecular formula is C18H24N6O2S. The Hall–Kier alpha value is -2.42. The van der Waals surface area contributed by atoms with E-state index in [1.54, 1.807) is 28.9 Å². The van der Waals surface area contributed by atoms with E-state index in [0.29, 0.717) is 16.4 Å². The minimum absolute atomic E-state index is 0.116. The summed E-state index contributed by atoms with van der Waals surface area (Å²) in [6.45, 7) is 3.94. The van der Waals surface area contributed by atoms with Crippen LogP contribution in [0.5, 0.6) is 0 Å². The number of carbonyl (C=O) groups excluding carboxylic acids is 2. The molecule has 9 heteroatoms. The van der Waals surface area contributed by atoms with E-state index in [9.17, 15) is 9.59 Å². The predicted molar refractivity (Wildman–Crippen MR) is 104 cm³/mol. The van der Waals surface area contributed by atoms with E-state index in [4.69, 9.17) is 0 Å². The number of nitrogens with zero attached hydrogens (tertiary/aromatic N) is 4. The van der Waals surface area contributed by atoms with Gasteiger partial charge in [-0.25, -0.2) is 4.68 Å². The van der Waals surface area contributed by atoms with Gasteiger partial charge in [-0.05, 0) is 49.2 Å². The predicted octanol–water partition coefficient (Wildman–Crippen LogP) is 2.66. The van der Waals surface area contributed by atoms with Crippen molar-refractivity contribution >= 4 is 29.3 Å². The van der Waals surface area contributed by atoms with Crippen LogP contribution < -0.4 is 10.6 Å². The van der Waals surface area contributed by atoms with Crippen LogP contribution in [-0.2, 0) is 4.79 Å².